The summed E-state index contributed by atoms with van der Waals surface area (Å²) < 4.78 is 27.3. The van der Waals surface area contributed by atoms with Crippen molar-refractivity contribution >= 4 is 33.4 Å². The van der Waals surface area contributed by atoms with Crippen LogP contribution in [0.4, 0.5) is 5.69 Å². The fourth-order valence-corrected chi connectivity index (χ4v) is 6.55. The number of carbonyl (C=O) groups is 3. The highest BCUT2D eigenvalue weighted by atomic mass is 32.2. The molecule has 4 rings (SSSR count). The SMILES string of the molecule is O=C(CCN1C(=O)[C@@H]2CCCC[C@H]2C1=O)Nc1ccc(S(=O)(=O)N2CCCCCC2)cc1. The molecule has 0 bridgehead atoms. The lowest BCUT2D eigenvalue weighted by Crippen LogP contribution is -2.34. The first-order valence-corrected chi connectivity index (χ1v) is 13.1. The van der Waals surface area contributed by atoms with Crippen LogP contribution in [0.3, 0.4) is 0 Å². The van der Waals surface area contributed by atoms with Crippen LogP contribution in [0.25, 0.3) is 0 Å². The number of carbonyl (C=O) groups excluding carboxylic acids is 3. The van der Waals surface area contributed by atoms with Crippen molar-refractivity contribution in [3.05, 3.63) is 24.3 Å². The van der Waals surface area contributed by atoms with E-state index in [9.17, 15) is 22.8 Å². The number of amides is 3. The number of sulfonamides is 1. The van der Waals surface area contributed by atoms with Gasteiger partial charge in [-0.15, -0.1) is 0 Å². The Hall–Kier alpha value is -2.26. The molecule has 3 aliphatic rings. The molecule has 2 aliphatic heterocycles. The number of hydrogen-bond donors (Lipinski definition) is 1. The third-order valence-corrected chi connectivity index (χ3v) is 8.75. The molecule has 2 saturated heterocycles. The van der Waals surface area contributed by atoms with E-state index < -0.39 is 10.0 Å². The minimum absolute atomic E-state index is 0.0186. The van der Waals surface area contributed by atoms with Crippen molar-refractivity contribution in [1.29, 1.82) is 0 Å². The molecule has 8 nitrogen and oxygen atoms in total. The summed E-state index contributed by atoms with van der Waals surface area (Å²) in [6.45, 7) is 1.16. The van der Waals surface area contributed by atoms with Crippen molar-refractivity contribution in [3.63, 3.8) is 0 Å². The normalized spacial score (nSPS) is 24.8. The van der Waals surface area contributed by atoms with E-state index in [1.165, 1.54) is 21.3 Å². The molecule has 1 N–H and O–H groups in total. The molecule has 3 amide bonds. The van der Waals surface area contributed by atoms with Gasteiger partial charge < -0.3 is 5.32 Å². The van der Waals surface area contributed by atoms with Crippen LogP contribution in [0.1, 0.15) is 57.8 Å². The summed E-state index contributed by atoms with van der Waals surface area (Å²) >= 11 is 0. The summed E-state index contributed by atoms with van der Waals surface area (Å²) in [6.07, 6.45) is 7.31. The van der Waals surface area contributed by atoms with Crippen LogP contribution in [0.2, 0.25) is 0 Å². The molecule has 0 spiro atoms. The molecule has 1 aromatic carbocycles. The fourth-order valence-electron chi connectivity index (χ4n) is 5.03. The van der Waals surface area contributed by atoms with Gasteiger partial charge in [0.1, 0.15) is 0 Å². The van der Waals surface area contributed by atoms with E-state index in [4.69, 9.17) is 0 Å². The summed E-state index contributed by atoms with van der Waals surface area (Å²) in [7, 11) is -3.54. The molecule has 1 aromatic rings. The molecule has 3 fully saturated rings. The summed E-state index contributed by atoms with van der Waals surface area (Å²) in [6, 6.07) is 6.16. The number of benzene rings is 1. The fraction of sp³-hybridized carbons (Fsp3) is 0.609. The van der Waals surface area contributed by atoms with Crippen molar-refractivity contribution < 1.29 is 22.8 Å². The second kappa shape index (κ2) is 9.70. The van der Waals surface area contributed by atoms with Gasteiger partial charge in [-0.1, -0.05) is 25.7 Å². The second-order valence-corrected chi connectivity index (χ2v) is 10.9. The molecular formula is C23H31N3O5S. The number of likely N-dealkylation sites (tertiary alicyclic amines) is 1. The van der Waals surface area contributed by atoms with E-state index in [0.29, 0.717) is 18.8 Å². The van der Waals surface area contributed by atoms with Gasteiger partial charge in [0.2, 0.25) is 27.7 Å². The lowest BCUT2D eigenvalue weighted by molar-refractivity contribution is -0.140. The molecule has 32 heavy (non-hydrogen) atoms. The Morgan fingerprint density at radius 2 is 1.44 bits per heavy atom. The topological polar surface area (TPSA) is 104 Å². The van der Waals surface area contributed by atoms with E-state index in [-0.39, 0.29) is 47.4 Å². The van der Waals surface area contributed by atoms with Crippen molar-refractivity contribution in [2.24, 2.45) is 11.8 Å². The van der Waals surface area contributed by atoms with Crippen molar-refractivity contribution in [3.8, 4) is 0 Å². The van der Waals surface area contributed by atoms with Crippen LogP contribution in [0.15, 0.2) is 29.2 Å². The molecule has 2 heterocycles. The lowest BCUT2D eigenvalue weighted by Gasteiger charge is -2.20. The Morgan fingerprint density at radius 3 is 2.00 bits per heavy atom. The standard InChI is InChI=1S/C23H31N3O5S/c27-21(13-16-26-22(28)19-7-3-4-8-20(19)23(26)29)24-17-9-11-18(12-10-17)32(30,31)25-14-5-1-2-6-15-25/h9-12,19-20H,1-8,13-16H2,(H,24,27)/t19-,20-/m1/s1. The van der Waals surface area contributed by atoms with Gasteiger partial charge in [0.25, 0.3) is 0 Å². The van der Waals surface area contributed by atoms with Crippen LogP contribution in [0.5, 0.6) is 0 Å². The van der Waals surface area contributed by atoms with E-state index in [0.717, 1.165) is 51.4 Å². The minimum atomic E-state index is -3.54. The second-order valence-electron chi connectivity index (χ2n) is 8.97. The molecule has 9 heteroatoms. The van der Waals surface area contributed by atoms with Crippen LogP contribution >= 0.6 is 0 Å². The third-order valence-electron chi connectivity index (χ3n) is 6.84. The van der Waals surface area contributed by atoms with Crippen LogP contribution in [0, 0.1) is 11.8 Å². The molecule has 0 radical (unpaired) electrons. The molecular weight excluding hydrogens is 430 g/mol. The first-order chi connectivity index (χ1) is 15.4. The Balaban J connectivity index is 1.32. The average molecular weight is 462 g/mol. The van der Waals surface area contributed by atoms with E-state index >= 15 is 0 Å². The van der Waals surface area contributed by atoms with Gasteiger partial charge in [-0.25, -0.2) is 8.42 Å². The molecule has 1 aliphatic carbocycles. The Bertz CT molecular complexity index is 944. The van der Waals surface area contributed by atoms with Gasteiger partial charge in [-0.3, -0.25) is 19.3 Å². The number of fused-ring (bicyclic) bond motifs is 1. The molecule has 2 atom stereocenters. The number of imide groups is 1. The van der Waals surface area contributed by atoms with Crippen molar-refractivity contribution in [1.82, 2.24) is 9.21 Å². The van der Waals surface area contributed by atoms with Crippen LogP contribution in [-0.2, 0) is 24.4 Å². The van der Waals surface area contributed by atoms with Gasteiger partial charge >= 0.3 is 0 Å². The Morgan fingerprint density at radius 1 is 0.875 bits per heavy atom. The Labute approximate surface area is 189 Å². The Kier molecular flexibility index (Phi) is 6.95. The minimum Gasteiger partial charge on any atom is -0.326 e. The van der Waals surface area contributed by atoms with Crippen molar-refractivity contribution in [2.45, 2.75) is 62.7 Å². The number of nitrogens with zero attached hydrogens (tertiary/aromatic N) is 2. The summed E-state index contributed by atoms with van der Waals surface area (Å²) in [4.78, 5) is 38.9. The van der Waals surface area contributed by atoms with Gasteiger partial charge in [-0.2, -0.15) is 4.31 Å². The summed E-state index contributed by atoms with van der Waals surface area (Å²) in [5, 5.41) is 2.73. The molecule has 1 saturated carbocycles. The van der Waals surface area contributed by atoms with Crippen molar-refractivity contribution in [2.75, 3.05) is 25.0 Å². The zero-order valence-electron chi connectivity index (χ0n) is 18.3. The van der Waals surface area contributed by atoms with Crippen LogP contribution < -0.4 is 5.32 Å². The largest absolute Gasteiger partial charge is 0.326 e. The molecule has 174 valence electrons. The first-order valence-electron chi connectivity index (χ1n) is 11.6. The maximum absolute atomic E-state index is 12.9. The first kappa shape index (κ1) is 22.9. The van der Waals surface area contributed by atoms with E-state index in [1.807, 2.05) is 0 Å². The van der Waals surface area contributed by atoms with Gasteiger partial charge in [0.15, 0.2) is 0 Å². The zero-order chi connectivity index (χ0) is 22.7. The predicted molar refractivity (Wildman–Crippen MR) is 119 cm³/mol. The third kappa shape index (κ3) is 4.73. The van der Waals surface area contributed by atoms with Gasteiger partial charge in [0.05, 0.1) is 16.7 Å². The number of nitrogens with one attached hydrogen (secondary N) is 1. The highest BCUT2D eigenvalue weighted by Gasteiger charge is 2.47. The summed E-state index contributed by atoms with van der Waals surface area (Å²) in [5.74, 6) is -1.02. The van der Waals surface area contributed by atoms with E-state index in [2.05, 4.69) is 5.32 Å². The number of rotatable bonds is 6. The predicted octanol–water partition coefficient (Wildman–Crippen LogP) is 2.76. The maximum Gasteiger partial charge on any atom is 0.243 e. The molecule has 0 aromatic heterocycles. The smallest absolute Gasteiger partial charge is 0.243 e. The van der Waals surface area contributed by atoms with Crippen LogP contribution in [-0.4, -0.2) is 55.0 Å². The number of hydrogen-bond acceptors (Lipinski definition) is 5. The quantitative estimate of drug-likeness (QED) is 0.656. The highest BCUT2D eigenvalue weighted by Crippen LogP contribution is 2.38. The monoisotopic (exact) mass is 461 g/mol. The van der Waals surface area contributed by atoms with Gasteiger partial charge in [0, 0.05) is 31.7 Å². The average Bonchev–Trinajstić information content (AvgIpc) is 2.98. The highest BCUT2D eigenvalue weighted by molar-refractivity contribution is 7.89. The maximum atomic E-state index is 12.9. The van der Waals surface area contributed by atoms with Gasteiger partial charge in [-0.05, 0) is 49.9 Å². The zero-order valence-corrected chi connectivity index (χ0v) is 19.1. The lowest BCUT2D eigenvalue weighted by atomic mass is 9.81. The summed E-state index contributed by atoms with van der Waals surface area (Å²) in [5.41, 5.74) is 0.484. The number of anilines is 1. The molecule has 0 unspecified atom stereocenters. The van der Waals surface area contributed by atoms with E-state index in [1.54, 1.807) is 12.1 Å².